The second kappa shape index (κ2) is 7.87. The molecule has 0 saturated carbocycles. The van der Waals surface area contributed by atoms with Crippen molar-refractivity contribution in [2.75, 3.05) is 0 Å². The minimum atomic E-state index is -0.124. The highest BCUT2D eigenvalue weighted by Crippen LogP contribution is 2.52. The van der Waals surface area contributed by atoms with Crippen LogP contribution >= 0.6 is 0 Å². The van der Waals surface area contributed by atoms with E-state index >= 15 is 0 Å². The van der Waals surface area contributed by atoms with Crippen molar-refractivity contribution in [2.24, 2.45) is 0 Å². The SMILES string of the molecule is CC1(C)c2ccccc2-c2cc3c4c5ccccc5ccc4n(-c4nc5c6c(cccc6n4)-c4ccccc4O5)c3cc21. The topological polar surface area (TPSA) is 39.9 Å². The number of fused-ring (bicyclic) bond motifs is 10. The summed E-state index contributed by atoms with van der Waals surface area (Å²) in [6.45, 7) is 4.66. The summed E-state index contributed by atoms with van der Waals surface area (Å²) in [5, 5.41) is 5.82. The van der Waals surface area contributed by atoms with Crippen molar-refractivity contribution in [1.29, 1.82) is 0 Å². The number of nitrogens with zero attached hydrogens (tertiary/aromatic N) is 3. The maximum absolute atomic E-state index is 6.47. The molecule has 43 heavy (non-hydrogen) atoms. The monoisotopic (exact) mass is 551 g/mol. The molecule has 3 heterocycles. The molecule has 2 aliphatic rings. The molecule has 0 amide bonds. The van der Waals surface area contributed by atoms with Crippen molar-refractivity contribution in [1.82, 2.24) is 14.5 Å². The predicted molar refractivity (Wildman–Crippen MR) is 174 cm³/mol. The molecule has 0 atom stereocenters. The molecule has 6 aromatic carbocycles. The maximum Gasteiger partial charge on any atom is 0.238 e. The zero-order valence-corrected chi connectivity index (χ0v) is 23.7. The van der Waals surface area contributed by atoms with Crippen LogP contribution in [0.2, 0.25) is 0 Å². The van der Waals surface area contributed by atoms with Crippen molar-refractivity contribution >= 4 is 43.5 Å². The smallest absolute Gasteiger partial charge is 0.238 e. The Labute approximate surface area is 247 Å². The highest BCUT2D eigenvalue weighted by Gasteiger charge is 2.36. The van der Waals surface area contributed by atoms with E-state index in [2.05, 4.69) is 115 Å². The van der Waals surface area contributed by atoms with Crippen molar-refractivity contribution in [2.45, 2.75) is 19.3 Å². The molecule has 0 saturated heterocycles. The first-order valence-corrected chi connectivity index (χ1v) is 14.8. The molecule has 0 bridgehead atoms. The van der Waals surface area contributed by atoms with Crippen LogP contribution in [0.5, 0.6) is 11.6 Å². The lowest BCUT2D eigenvalue weighted by Crippen LogP contribution is -2.15. The maximum atomic E-state index is 6.47. The van der Waals surface area contributed by atoms with Gasteiger partial charge in [-0.2, -0.15) is 4.98 Å². The fourth-order valence-corrected chi connectivity index (χ4v) is 7.61. The van der Waals surface area contributed by atoms with Crippen molar-refractivity contribution in [3.05, 3.63) is 126 Å². The van der Waals surface area contributed by atoms with Gasteiger partial charge < -0.3 is 4.74 Å². The van der Waals surface area contributed by atoms with Crippen molar-refractivity contribution in [3.8, 4) is 39.8 Å². The Balaban J connectivity index is 1.35. The van der Waals surface area contributed by atoms with Crippen LogP contribution in [0.25, 0.3) is 71.7 Å². The van der Waals surface area contributed by atoms with E-state index in [0.29, 0.717) is 11.8 Å². The minimum absolute atomic E-state index is 0.124. The number of para-hydroxylation sites is 1. The molecule has 4 heteroatoms. The van der Waals surface area contributed by atoms with E-state index in [4.69, 9.17) is 14.7 Å². The van der Waals surface area contributed by atoms with E-state index in [1.807, 2.05) is 18.2 Å². The molecular formula is C39H25N3O. The summed E-state index contributed by atoms with van der Waals surface area (Å²) in [7, 11) is 0. The Morgan fingerprint density at radius 1 is 0.581 bits per heavy atom. The van der Waals surface area contributed by atoms with Crippen LogP contribution in [-0.4, -0.2) is 14.5 Å². The van der Waals surface area contributed by atoms with Gasteiger partial charge in [0.15, 0.2) is 0 Å². The quantitative estimate of drug-likeness (QED) is 0.204. The number of hydrogen-bond donors (Lipinski definition) is 0. The molecule has 0 N–H and O–H groups in total. The predicted octanol–water partition coefficient (Wildman–Crippen LogP) is 9.96. The van der Waals surface area contributed by atoms with E-state index in [0.717, 1.165) is 38.8 Å². The zero-order valence-electron chi connectivity index (χ0n) is 23.7. The van der Waals surface area contributed by atoms with Gasteiger partial charge in [-0.05, 0) is 63.4 Å². The second-order valence-corrected chi connectivity index (χ2v) is 12.2. The van der Waals surface area contributed by atoms with Gasteiger partial charge in [0.2, 0.25) is 11.8 Å². The molecule has 2 aromatic heterocycles. The first kappa shape index (κ1) is 23.1. The van der Waals surface area contributed by atoms with E-state index in [-0.39, 0.29) is 5.41 Å². The van der Waals surface area contributed by atoms with Gasteiger partial charge in [-0.3, -0.25) is 4.57 Å². The Morgan fingerprint density at radius 3 is 2.30 bits per heavy atom. The zero-order chi connectivity index (χ0) is 28.4. The van der Waals surface area contributed by atoms with E-state index < -0.39 is 0 Å². The third kappa shape index (κ3) is 2.90. The molecule has 1 aliphatic heterocycles. The summed E-state index contributed by atoms with van der Waals surface area (Å²) >= 11 is 0. The van der Waals surface area contributed by atoms with Gasteiger partial charge in [-0.25, -0.2) is 4.98 Å². The first-order valence-electron chi connectivity index (χ1n) is 14.8. The highest BCUT2D eigenvalue weighted by atomic mass is 16.5. The number of ether oxygens (including phenoxy) is 1. The molecule has 4 nitrogen and oxygen atoms in total. The molecule has 10 rings (SSSR count). The Hall–Kier alpha value is -5.48. The largest absolute Gasteiger partial charge is 0.438 e. The van der Waals surface area contributed by atoms with Gasteiger partial charge in [0, 0.05) is 27.3 Å². The summed E-state index contributed by atoms with van der Waals surface area (Å²) < 4.78 is 8.71. The fourth-order valence-electron chi connectivity index (χ4n) is 7.61. The fraction of sp³-hybridized carbons (Fsp3) is 0.0769. The van der Waals surface area contributed by atoms with Gasteiger partial charge in [0.05, 0.1) is 21.9 Å². The highest BCUT2D eigenvalue weighted by molar-refractivity contribution is 6.22. The third-order valence-corrected chi connectivity index (χ3v) is 9.62. The molecule has 202 valence electrons. The van der Waals surface area contributed by atoms with E-state index in [1.54, 1.807) is 0 Å². The minimum Gasteiger partial charge on any atom is -0.438 e. The Morgan fingerprint density at radius 2 is 1.37 bits per heavy atom. The number of rotatable bonds is 1. The second-order valence-electron chi connectivity index (χ2n) is 12.2. The molecule has 1 aliphatic carbocycles. The summed E-state index contributed by atoms with van der Waals surface area (Å²) in [4.78, 5) is 10.4. The summed E-state index contributed by atoms with van der Waals surface area (Å²) in [5.74, 6) is 2.03. The number of benzene rings is 6. The number of hydrogen-bond acceptors (Lipinski definition) is 3. The molecule has 0 spiro atoms. The third-order valence-electron chi connectivity index (χ3n) is 9.62. The molecule has 0 fully saturated rings. The van der Waals surface area contributed by atoms with Crippen LogP contribution < -0.4 is 4.74 Å². The summed E-state index contributed by atoms with van der Waals surface area (Å²) in [5.41, 5.74) is 10.4. The van der Waals surface area contributed by atoms with Crippen LogP contribution in [0.4, 0.5) is 0 Å². The van der Waals surface area contributed by atoms with E-state index in [9.17, 15) is 0 Å². The van der Waals surface area contributed by atoms with Crippen LogP contribution in [0.3, 0.4) is 0 Å². The standard InChI is InChI=1S/C39H25N3O/c1-39(2)29-15-7-5-12-24(29)27-20-28-33(21-30(27)39)42(32-19-18-22-10-3-4-11-23(22)35(28)32)38-40-31-16-9-14-26-25-13-6-8-17-34(25)43-37(41-38)36(26)31/h3-21H,1-2H3. The average Bonchev–Trinajstić information content (AvgIpc) is 3.49. The lowest BCUT2D eigenvalue weighted by Gasteiger charge is -2.22. The normalized spacial score (nSPS) is 14.2. The molecule has 0 radical (unpaired) electrons. The van der Waals surface area contributed by atoms with Crippen molar-refractivity contribution < 1.29 is 4.74 Å². The van der Waals surface area contributed by atoms with Gasteiger partial charge >= 0.3 is 0 Å². The first-order chi connectivity index (χ1) is 21.1. The number of aromatic nitrogens is 3. The molecular weight excluding hydrogens is 526 g/mol. The van der Waals surface area contributed by atoms with Gasteiger partial charge in [0.25, 0.3) is 0 Å². The van der Waals surface area contributed by atoms with Gasteiger partial charge in [0.1, 0.15) is 5.75 Å². The molecule has 8 aromatic rings. The lowest BCUT2D eigenvalue weighted by atomic mass is 9.82. The van der Waals surface area contributed by atoms with Crippen molar-refractivity contribution in [3.63, 3.8) is 0 Å². The Kier molecular flexibility index (Phi) is 4.23. The van der Waals surface area contributed by atoms with Crippen LogP contribution in [0.1, 0.15) is 25.0 Å². The summed E-state index contributed by atoms with van der Waals surface area (Å²) in [6, 6.07) is 41.1. The summed E-state index contributed by atoms with van der Waals surface area (Å²) in [6.07, 6.45) is 0. The van der Waals surface area contributed by atoms with Gasteiger partial charge in [-0.15, -0.1) is 0 Å². The van der Waals surface area contributed by atoms with Crippen LogP contribution in [-0.2, 0) is 5.41 Å². The van der Waals surface area contributed by atoms with E-state index in [1.165, 1.54) is 43.8 Å². The van der Waals surface area contributed by atoms with Gasteiger partial charge in [-0.1, -0.05) is 98.8 Å². The Bertz CT molecular complexity index is 2520. The average molecular weight is 552 g/mol. The van der Waals surface area contributed by atoms with Crippen LogP contribution in [0.15, 0.2) is 115 Å². The molecule has 0 unspecified atom stereocenters. The van der Waals surface area contributed by atoms with Crippen LogP contribution in [0, 0.1) is 0 Å². The lowest BCUT2D eigenvalue weighted by molar-refractivity contribution is 0.466.